The molecule has 0 saturated carbocycles. The summed E-state index contributed by atoms with van der Waals surface area (Å²) in [5, 5.41) is 8.55. The van der Waals surface area contributed by atoms with Crippen LogP contribution in [0.5, 0.6) is 0 Å². The number of rotatable bonds is 6. The van der Waals surface area contributed by atoms with Crippen molar-refractivity contribution in [3.63, 3.8) is 0 Å². The molecule has 0 aromatic heterocycles. The van der Waals surface area contributed by atoms with Gasteiger partial charge < -0.3 is 5.11 Å². The van der Waals surface area contributed by atoms with Crippen LogP contribution in [0.3, 0.4) is 0 Å². The Labute approximate surface area is 99.3 Å². The van der Waals surface area contributed by atoms with Crippen LogP contribution in [0, 0.1) is 5.82 Å². The van der Waals surface area contributed by atoms with E-state index in [0.29, 0.717) is 18.4 Å². The molecule has 0 unspecified atom stereocenters. The standard InChI is InChI=1S/C13H17F3O/c1-2-10-6-5-7-11(12(10)14)13(15,16)8-3-4-9-17/h5-7,17H,2-4,8-9H2,1H3. The molecule has 96 valence electrons. The van der Waals surface area contributed by atoms with E-state index in [9.17, 15) is 13.2 Å². The minimum absolute atomic E-state index is 0.117. The number of hydrogen-bond donors (Lipinski definition) is 1. The maximum atomic E-state index is 13.7. The van der Waals surface area contributed by atoms with Gasteiger partial charge in [-0.2, -0.15) is 0 Å². The first-order valence-corrected chi connectivity index (χ1v) is 5.79. The molecule has 0 fully saturated rings. The maximum absolute atomic E-state index is 13.7. The molecule has 1 nitrogen and oxygen atoms in total. The van der Waals surface area contributed by atoms with Gasteiger partial charge in [-0.3, -0.25) is 0 Å². The first kappa shape index (κ1) is 14.0. The number of halogens is 3. The highest BCUT2D eigenvalue weighted by atomic mass is 19.3. The number of benzene rings is 1. The molecule has 0 atom stereocenters. The molecule has 17 heavy (non-hydrogen) atoms. The van der Waals surface area contributed by atoms with Crippen LogP contribution in [0.25, 0.3) is 0 Å². The number of hydrogen-bond acceptors (Lipinski definition) is 1. The van der Waals surface area contributed by atoms with Crippen molar-refractivity contribution in [3.05, 3.63) is 35.1 Å². The lowest BCUT2D eigenvalue weighted by molar-refractivity contribution is -0.0199. The average Bonchev–Trinajstić information content (AvgIpc) is 2.29. The van der Waals surface area contributed by atoms with Crippen molar-refractivity contribution in [1.29, 1.82) is 0 Å². The van der Waals surface area contributed by atoms with Crippen molar-refractivity contribution in [2.75, 3.05) is 6.61 Å². The van der Waals surface area contributed by atoms with Crippen LogP contribution in [0.2, 0.25) is 0 Å². The Bertz CT molecular complexity index is 364. The third-order valence-corrected chi connectivity index (χ3v) is 2.75. The molecule has 1 N–H and O–H groups in total. The van der Waals surface area contributed by atoms with E-state index in [1.807, 2.05) is 0 Å². The topological polar surface area (TPSA) is 20.2 Å². The lowest BCUT2D eigenvalue weighted by atomic mass is 9.99. The average molecular weight is 246 g/mol. The predicted octanol–water partition coefficient (Wildman–Crippen LogP) is 3.64. The van der Waals surface area contributed by atoms with E-state index < -0.39 is 23.7 Å². The molecule has 0 amide bonds. The van der Waals surface area contributed by atoms with Gasteiger partial charge in [0, 0.05) is 13.0 Å². The zero-order valence-corrected chi connectivity index (χ0v) is 9.85. The highest BCUT2D eigenvalue weighted by Crippen LogP contribution is 2.35. The summed E-state index contributed by atoms with van der Waals surface area (Å²) in [5.41, 5.74) is -0.223. The summed E-state index contributed by atoms with van der Waals surface area (Å²) in [6.07, 6.45) is 0.452. The van der Waals surface area contributed by atoms with Crippen LogP contribution >= 0.6 is 0 Å². The Hall–Kier alpha value is -1.03. The van der Waals surface area contributed by atoms with E-state index in [2.05, 4.69) is 0 Å². The second-order valence-electron chi connectivity index (χ2n) is 4.02. The summed E-state index contributed by atoms with van der Waals surface area (Å²) >= 11 is 0. The van der Waals surface area contributed by atoms with Crippen LogP contribution in [-0.4, -0.2) is 11.7 Å². The fraction of sp³-hybridized carbons (Fsp3) is 0.538. The number of alkyl halides is 2. The Kier molecular flexibility index (Phi) is 5.00. The zero-order valence-electron chi connectivity index (χ0n) is 9.85. The quantitative estimate of drug-likeness (QED) is 0.760. The SMILES string of the molecule is CCc1cccc(C(F)(F)CCCCO)c1F. The Morgan fingerprint density at radius 2 is 1.94 bits per heavy atom. The monoisotopic (exact) mass is 246 g/mol. The molecule has 1 aromatic rings. The minimum Gasteiger partial charge on any atom is -0.396 e. The fourth-order valence-electron chi connectivity index (χ4n) is 1.73. The second-order valence-corrected chi connectivity index (χ2v) is 4.02. The van der Waals surface area contributed by atoms with Crippen molar-refractivity contribution in [2.45, 2.75) is 38.5 Å². The Morgan fingerprint density at radius 3 is 2.53 bits per heavy atom. The molecule has 0 aliphatic carbocycles. The van der Waals surface area contributed by atoms with Crippen molar-refractivity contribution in [2.24, 2.45) is 0 Å². The number of aliphatic hydroxyl groups is 1. The van der Waals surface area contributed by atoms with Crippen molar-refractivity contribution < 1.29 is 18.3 Å². The van der Waals surface area contributed by atoms with E-state index in [0.717, 1.165) is 6.07 Å². The van der Waals surface area contributed by atoms with Gasteiger partial charge in [-0.25, -0.2) is 13.2 Å². The van der Waals surface area contributed by atoms with E-state index in [1.165, 1.54) is 12.1 Å². The largest absolute Gasteiger partial charge is 0.396 e. The first-order valence-electron chi connectivity index (χ1n) is 5.79. The maximum Gasteiger partial charge on any atom is 0.276 e. The predicted molar refractivity (Wildman–Crippen MR) is 60.6 cm³/mol. The third kappa shape index (κ3) is 3.46. The molecule has 0 spiro atoms. The summed E-state index contributed by atoms with van der Waals surface area (Å²) < 4.78 is 41.2. The van der Waals surface area contributed by atoms with Crippen molar-refractivity contribution in [3.8, 4) is 0 Å². The normalized spacial score (nSPS) is 11.8. The van der Waals surface area contributed by atoms with Crippen LogP contribution in [0.4, 0.5) is 13.2 Å². The van der Waals surface area contributed by atoms with Gasteiger partial charge in [0.1, 0.15) is 5.82 Å². The summed E-state index contributed by atoms with van der Waals surface area (Å²) in [6, 6.07) is 4.10. The molecule has 1 aromatic carbocycles. The van der Waals surface area contributed by atoms with Crippen molar-refractivity contribution in [1.82, 2.24) is 0 Å². The van der Waals surface area contributed by atoms with Gasteiger partial charge in [0.2, 0.25) is 0 Å². The molecule has 0 aliphatic rings. The molecule has 0 radical (unpaired) electrons. The fourth-order valence-corrected chi connectivity index (χ4v) is 1.73. The van der Waals surface area contributed by atoms with Crippen LogP contribution in [0.15, 0.2) is 18.2 Å². The lowest BCUT2D eigenvalue weighted by Gasteiger charge is -2.18. The summed E-state index contributed by atoms with van der Waals surface area (Å²) in [7, 11) is 0. The van der Waals surface area contributed by atoms with Crippen LogP contribution in [0.1, 0.15) is 37.3 Å². The Morgan fingerprint density at radius 1 is 1.24 bits per heavy atom. The number of unbranched alkanes of at least 4 members (excludes halogenated alkanes) is 1. The lowest BCUT2D eigenvalue weighted by Crippen LogP contribution is -2.16. The molecule has 1 rings (SSSR count). The molecule has 0 aliphatic heterocycles. The van der Waals surface area contributed by atoms with E-state index in [-0.39, 0.29) is 13.0 Å². The molecular weight excluding hydrogens is 229 g/mol. The Balaban J connectivity index is 2.89. The number of aliphatic hydroxyl groups excluding tert-OH is 1. The summed E-state index contributed by atoms with van der Waals surface area (Å²) in [5.74, 6) is -3.96. The highest BCUT2D eigenvalue weighted by Gasteiger charge is 2.34. The highest BCUT2D eigenvalue weighted by molar-refractivity contribution is 5.29. The van der Waals surface area contributed by atoms with E-state index >= 15 is 0 Å². The smallest absolute Gasteiger partial charge is 0.276 e. The molecule has 4 heteroatoms. The van der Waals surface area contributed by atoms with Crippen LogP contribution < -0.4 is 0 Å². The van der Waals surface area contributed by atoms with Crippen molar-refractivity contribution >= 4 is 0 Å². The van der Waals surface area contributed by atoms with Gasteiger partial charge in [0.15, 0.2) is 0 Å². The number of aryl methyl sites for hydroxylation is 1. The van der Waals surface area contributed by atoms with Gasteiger partial charge in [0.25, 0.3) is 5.92 Å². The second kappa shape index (κ2) is 6.05. The summed E-state index contributed by atoms with van der Waals surface area (Å²) in [6.45, 7) is 1.61. The first-order chi connectivity index (χ1) is 8.03. The molecule has 0 bridgehead atoms. The van der Waals surface area contributed by atoms with Crippen LogP contribution in [-0.2, 0) is 12.3 Å². The molecule has 0 heterocycles. The summed E-state index contributed by atoms with van der Waals surface area (Å²) in [4.78, 5) is 0. The van der Waals surface area contributed by atoms with Gasteiger partial charge in [-0.1, -0.05) is 25.1 Å². The third-order valence-electron chi connectivity index (χ3n) is 2.75. The van der Waals surface area contributed by atoms with E-state index in [4.69, 9.17) is 5.11 Å². The van der Waals surface area contributed by atoms with E-state index in [1.54, 1.807) is 6.92 Å². The molecular formula is C13H17F3O. The van der Waals surface area contributed by atoms with Gasteiger partial charge >= 0.3 is 0 Å². The molecule has 0 saturated heterocycles. The zero-order chi connectivity index (χ0) is 12.9. The van der Waals surface area contributed by atoms with Gasteiger partial charge in [0.05, 0.1) is 5.56 Å². The van der Waals surface area contributed by atoms with Gasteiger partial charge in [-0.15, -0.1) is 0 Å². The van der Waals surface area contributed by atoms with Gasteiger partial charge in [-0.05, 0) is 24.8 Å². The minimum atomic E-state index is -3.16.